The summed E-state index contributed by atoms with van der Waals surface area (Å²) in [5.74, 6) is -0.891. The van der Waals surface area contributed by atoms with Crippen LogP contribution in [0.1, 0.15) is 27.9 Å². The summed E-state index contributed by atoms with van der Waals surface area (Å²) < 4.78 is 5.34. The molecule has 0 fully saturated rings. The predicted molar refractivity (Wildman–Crippen MR) is 111 cm³/mol. The maximum atomic E-state index is 12.2. The second-order valence-corrected chi connectivity index (χ2v) is 6.39. The molecule has 0 unspecified atom stereocenters. The smallest absolute Gasteiger partial charge is 0.338 e. The molecule has 0 aliphatic carbocycles. The fourth-order valence-electron chi connectivity index (χ4n) is 2.81. The van der Waals surface area contributed by atoms with Crippen LogP contribution >= 0.6 is 0 Å². The van der Waals surface area contributed by atoms with E-state index in [1.165, 1.54) is 0 Å². The summed E-state index contributed by atoms with van der Waals surface area (Å²) in [6, 6.07) is 25.0. The molecular weight excluding hydrogens is 378 g/mol. The number of benzene rings is 3. The van der Waals surface area contributed by atoms with Crippen molar-refractivity contribution in [2.24, 2.45) is 0 Å². The lowest BCUT2D eigenvalue weighted by Gasteiger charge is -2.08. The van der Waals surface area contributed by atoms with Gasteiger partial charge in [0.15, 0.2) is 0 Å². The van der Waals surface area contributed by atoms with E-state index >= 15 is 0 Å². The maximum Gasteiger partial charge on any atom is 0.338 e. The van der Waals surface area contributed by atoms with Gasteiger partial charge in [-0.1, -0.05) is 42.5 Å². The highest BCUT2D eigenvalue weighted by Crippen LogP contribution is 2.23. The first-order valence-corrected chi connectivity index (χ1v) is 9.13. The summed E-state index contributed by atoms with van der Waals surface area (Å²) in [5.41, 5.74) is 4.04. The number of carbonyl (C=O) groups is 2. The van der Waals surface area contributed by atoms with E-state index in [0.29, 0.717) is 16.8 Å². The molecule has 0 radical (unpaired) electrons. The monoisotopic (exact) mass is 395 g/mol. The number of ether oxygens (including phenoxy) is 1. The van der Waals surface area contributed by atoms with Gasteiger partial charge < -0.3 is 10.1 Å². The number of amides is 1. The quantitative estimate of drug-likeness (QED) is 0.622. The number of carbonyl (C=O) groups excluding carboxylic acids is 2. The van der Waals surface area contributed by atoms with Crippen LogP contribution in [0.5, 0.6) is 0 Å². The molecular formula is C24H17N3O3. The Morgan fingerprint density at radius 1 is 0.900 bits per heavy atom. The van der Waals surface area contributed by atoms with Crippen molar-refractivity contribution in [3.63, 3.8) is 0 Å². The zero-order valence-corrected chi connectivity index (χ0v) is 16.0. The highest BCUT2D eigenvalue weighted by atomic mass is 16.5. The molecule has 6 heteroatoms. The number of hydrogen-bond donors (Lipinski definition) is 1. The molecule has 0 saturated heterocycles. The Balaban J connectivity index is 1.59. The summed E-state index contributed by atoms with van der Waals surface area (Å²) in [4.78, 5) is 23.6. The number of esters is 1. The Labute approximate surface area is 174 Å². The first kappa shape index (κ1) is 20.3. The van der Waals surface area contributed by atoms with Crippen LogP contribution in [-0.2, 0) is 16.1 Å². The number of nitrogens with one attached hydrogen (secondary N) is 1. The Bertz CT molecular complexity index is 1140. The third-order valence-corrected chi connectivity index (χ3v) is 4.33. The van der Waals surface area contributed by atoms with Crippen LogP contribution in [0.3, 0.4) is 0 Å². The van der Waals surface area contributed by atoms with E-state index < -0.39 is 11.9 Å². The van der Waals surface area contributed by atoms with Gasteiger partial charge in [0.1, 0.15) is 13.0 Å². The number of anilines is 1. The molecule has 3 rings (SSSR count). The van der Waals surface area contributed by atoms with Gasteiger partial charge in [-0.15, -0.1) is 0 Å². The molecule has 146 valence electrons. The van der Waals surface area contributed by atoms with Crippen molar-refractivity contribution in [2.75, 3.05) is 5.32 Å². The number of nitriles is 2. The highest BCUT2D eigenvalue weighted by molar-refractivity contribution is 5.93. The third-order valence-electron chi connectivity index (χ3n) is 4.33. The van der Waals surface area contributed by atoms with Gasteiger partial charge in [0.2, 0.25) is 5.91 Å². The number of rotatable bonds is 6. The topological polar surface area (TPSA) is 103 Å². The Morgan fingerprint density at radius 3 is 2.27 bits per heavy atom. The minimum Gasteiger partial charge on any atom is -0.457 e. The molecule has 1 N–H and O–H groups in total. The van der Waals surface area contributed by atoms with Gasteiger partial charge in [-0.05, 0) is 47.0 Å². The van der Waals surface area contributed by atoms with Gasteiger partial charge >= 0.3 is 5.97 Å². The highest BCUT2D eigenvalue weighted by Gasteiger charge is 2.09. The van der Waals surface area contributed by atoms with Crippen molar-refractivity contribution in [1.29, 1.82) is 10.5 Å². The summed E-state index contributed by atoms with van der Waals surface area (Å²) >= 11 is 0. The van der Waals surface area contributed by atoms with Crippen molar-refractivity contribution in [2.45, 2.75) is 13.0 Å². The van der Waals surface area contributed by atoms with Crippen LogP contribution in [0.25, 0.3) is 11.1 Å². The van der Waals surface area contributed by atoms with Crippen molar-refractivity contribution >= 4 is 17.6 Å². The lowest BCUT2D eigenvalue weighted by Crippen LogP contribution is -2.10. The van der Waals surface area contributed by atoms with Crippen molar-refractivity contribution in [3.05, 3.63) is 89.5 Å². The van der Waals surface area contributed by atoms with E-state index in [0.717, 1.165) is 16.7 Å². The third kappa shape index (κ3) is 5.09. The molecule has 0 atom stereocenters. The fourth-order valence-corrected chi connectivity index (χ4v) is 2.81. The summed E-state index contributed by atoms with van der Waals surface area (Å²) in [7, 11) is 0. The first-order valence-electron chi connectivity index (χ1n) is 9.13. The molecule has 0 aromatic heterocycles. The molecule has 3 aromatic carbocycles. The lowest BCUT2D eigenvalue weighted by atomic mass is 9.99. The molecule has 0 aliphatic heterocycles. The molecule has 30 heavy (non-hydrogen) atoms. The second-order valence-electron chi connectivity index (χ2n) is 6.39. The Hall–Kier alpha value is -4.42. The number of hydrogen-bond acceptors (Lipinski definition) is 5. The standard InChI is InChI=1S/C24H17N3O3/c25-14-13-23(28)27-21-11-9-19(10-12-21)24(29)30-16-17-5-7-18(8-6-17)22-4-2-1-3-20(22)15-26/h1-12H,13,16H2,(H,27,28). The first-order chi connectivity index (χ1) is 14.6. The van der Waals surface area contributed by atoms with Crippen molar-refractivity contribution < 1.29 is 14.3 Å². The van der Waals surface area contributed by atoms with E-state index in [9.17, 15) is 14.9 Å². The molecule has 0 saturated carbocycles. The van der Waals surface area contributed by atoms with Crippen LogP contribution < -0.4 is 5.32 Å². The summed E-state index contributed by atoms with van der Waals surface area (Å²) in [6.45, 7) is 0.111. The van der Waals surface area contributed by atoms with Crippen LogP contribution in [-0.4, -0.2) is 11.9 Å². The van der Waals surface area contributed by atoms with Crippen LogP contribution in [0.15, 0.2) is 72.8 Å². The average molecular weight is 395 g/mol. The van der Waals surface area contributed by atoms with Gasteiger partial charge in [-0.2, -0.15) is 10.5 Å². The number of nitrogens with zero attached hydrogens (tertiary/aromatic N) is 2. The zero-order valence-electron chi connectivity index (χ0n) is 16.0. The minimum absolute atomic E-state index is 0.111. The normalized spacial score (nSPS) is 9.80. The Kier molecular flexibility index (Phi) is 6.55. The van der Waals surface area contributed by atoms with Gasteiger partial charge in [0.25, 0.3) is 0 Å². The van der Waals surface area contributed by atoms with E-state index in [1.807, 2.05) is 42.5 Å². The van der Waals surface area contributed by atoms with Gasteiger partial charge in [0.05, 0.1) is 23.3 Å². The fraction of sp³-hybridized carbons (Fsp3) is 0.0833. The van der Waals surface area contributed by atoms with Crippen LogP contribution in [0.4, 0.5) is 5.69 Å². The van der Waals surface area contributed by atoms with Gasteiger partial charge in [-0.25, -0.2) is 4.79 Å². The molecule has 0 aliphatic rings. The van der Waals surface area contributed by atoms with E-state index in [-0.39, 0.29) is 13.0 Å². The molecule has 3 aromatic rings. The molecule has 0 spiro atoms. The average Bonchev–Trinajstić information content (AvgIpc) is 2.78. The van der Waals surface area contributed by atoms with Crippen molar-refractivity contribution in [3.8, 4) is 23.3 Å². The largest absolute Gasteiger partial charge is 0.457 e. The molecule has 1 amide bonds. The summed E-state index contributed by atoms with van der Waals surface area (Å²) in [5, 5.41) is 20.3. The van der Waals surface area contributed by atoms with E-state index in [1.54, 1.807) is 36.4 Å². The molecule has 6 nitrogen and oxygen atoms in total. The zero-order chi connectivity index (χ0) is 21.3. The van der Waals surface area contributed by atoms with Crippen molar-refractivity contribution in [1.82, 2.24) is 0 Å². The van der Waals surface area contributed by atoms with Gasteiger partial charge in [-0.3, -0.25) is 4.79 Å². The van der Waals surface area contributed by atoms with Crippen LogP contribution in [0, 0.1) is 22.7 Å². The Morgan fingerprint density at radius 2 is 1.60 bits per heavy atom. The predicted octanol–water partition coefficient (Wildman–Crippen LogP) is 4.43. The van der Waals surface area contributed by atoms with Gasteiger partial charge in [0, 0.05) is 5.69 Å². The maximum absolute atomic E-state index is 12.2. The van der Waals surface area contributed by atoms with E-state index in [2.05, 4.69) is 11.4 Å². The summed E-state index contributed by atoms with van der Waals surface area (Å²) in [6.07, 6.45) is -0.231. The van der Waals surface area contributed by atoms with Crippen LogP contribution in [0.2, 0.25) is 0 Å². The molecule has 0 heterocycles. The lowest BCUT2D eigenvalue weighted by molar-refractivity contribution is -0.115. The molecule has 0 bridgehead atoms. The second kappa shape index (κ2) is 9.68. The van der Waals surface area contributed by atoms with E-state index in [4.69, 9.17) is 10.00 Å². The minimum atomic E-state index is -0.483. The SMILES string of the molecule is N#CCC(=O)Nc1ccc(C(=O)OCc2ccc(-c3ccccc3C#N)cc2)cc1.